The van der Waals surface area contributed by atoms with Crippen molar-refractivity contribution in [1.82, 2.24) is 5.32 Å². The number of hydrogen-bond donors (Lipinski definition) is 2. The van der Waals surface area contributed by atoms with Gasteiger partial charge in [-0.15, -0.1) is 0 Å². The van der Waals surface area contributed by atoms with Crippen molar-refractivity contribution in [3.05, 3.63) is 29.3 Å². The molecule has 1 amide bonds. The monoisotopic (exact) mass is 276 g/mol. The summed E-state index contributed by atoms with van der Waals surface area (Å²) in [5, 5.41) is 2.81. The van der Waals surface area contributed by atoms with Crippen molar-refractivity contribution in [2.24, 2.45) is 11.7 Å². The second kappa shape index (κ2) is 5.42. The molecule has 0 bridgehead atoms. The standard InChI is InChI=1S/C15H20N2O3/c1-9-6-11(8-20-9)14(16)10-2-3-13-12(7-10)15(18)17-4-5-19-13/h2-3,7,9,11,14H,4-6,8,16H2,1H3,(H,17,18). The molecule has 1 aromatic rings. The predicted octanol–water partition coefficient (Wildman–Crippen LogP) is 1.23. The maximum Gasteiger partial charge on any atom is 0.255 e. The van der Waals surface area contributed by atoms with Gasteiger partial charge in [-0.2, -0.15) is 0 Å². The van der Waals surface area contributed by atoms with Gasteiger partial charge in [-0.1, -0.05) is 6.07 Å². The van der Waals surface area contributed by atoms with E-state index in [-0.39, 0.29) is 18.1 Å². The van der Waals surface area contributed by atoms with E-state index >= 15 is 0 Å². The topological polar surface area (TPSA) is 73.6 Å². The molecule has 2 aliphatic heterocycles. The number of amides is 1. The van der Waals surface area contributed by atoms with Crippen molar-refractivity contribution in [2.45, 2.75) is 25.5 Å². The summed E-state index contributed by atoms with van der Waals surface area (Å²) in [6.07, 6.45) is 1.22. The molecule has 1 saturated heterocycles. The van der Waals surface area contributed by atoms with Gasteiger partial charge in [-0.3, -0.25) is 4.79 Å². The Balaban J connectivity index is 1.86. The highest BCUT2D eigenvalue weighted by atomic mass is 16.5. The molecule has 3 unspecified atom stereocenters. The lowest BCUT2D eigenvalue weighted by Crippen LogP contribution is -2.25. The van der Waals surface area contributed by atoms with Gasteiger partial charge in [-0.05, 0) is 31.0 Å². The number of carbonyl (C=O) groups is 1. The highest BCUT2D eigenvalue weighted by molar-refractivity contribution is 5.97. The first-order chi connectivity index (χ1) is 9.65. The maximum atomic E-state index is 12.0. The molecule has 3 atom stereocenters. The Morgan fingerprint density at radius 1 is 1.45 bits per heavy atom. The molecule has 3 rings (SSSR count). The molecule has 20 heavy (non-hydrogen) atoms. The third kappa shape index (κ3) is 2.51. The van der Waals surface area contributed by atoms with Crippen LogP contribution < -0.4 is 15.8 Å². The van der Waals surface area contributed by atoms with Gasteiger partial charge in [0.15, 0.2) is 0 Å². The van der Waals surface area contributed by atoms with Gasteiger partial charge in [0, 0.05) is 12.0 Å². The van der Waals surface area contributed by atoms with Crippen molar-refractivity contribution in [1.29, 1.82) is 0 Å². The van der Waals surface area contributed by atoms with Gasteiger partial charge in [0.05, 0.1) is 24.8 Å². The van der Waals surface area contributed by atoms with E-state index in [2.05, 4.69) is 12.2 Å². The molecule has 0 saturated carbocycles. The highest BCUT2D eigenvalue weighted by Crippen LogP contribution is 2.32. The Morgan fingerprint density at radius 2 is 2.30 bits per heavy atom. The molecule has 1 aromatic carbocycles. The molecule has 0 aromatic heterocycles. The minimum absolute atomic E-state index is 0.0948. The molecule has 5 heteroatoms. The van der Waals surface area contributed by atoms with Crippen LogP contribution in [0.5, 0.6) is 5.75 Å². The highest BCUT2D eigenvalue weighted by Gasteiger charge is 2.29. The average molecular weight is 276 g/mol. The first kappa shape index (κ1) is 13.4. The Hall–Kier alpha value is -1.59. The SMILES string of the molecule is CC1CC(C(N)c2ccc3c(c2)C(=O)NCCO3)CO1. The van der Waals surface area contributed by atoms with Crippen LogP contribution in [0.1, 0.15) is 35.3 Å². The zero-order valence-electron chi connectivity index (χ0n) is 11.6. The number of nitrogens with one attached hydrogen (secondary N) is 1. The minimum Gasteiger partial charge on any atom is -0.491 e. The van der Waals surface area contributed by atoms with Crippen LogP contribution >= 0.6 is 0 Å². The summed E-state index contributed by atoms with van der Waals surface area (Å²) in [6.45, 7) is 3.77. The fraction of sp³-hybridized carbons (Fsp3) is 0.533. The fourth-order valence-corrected chi connectivity index (χ4v) is 2.85. The van der Waals surface area contributed by atoms with Gasteiger partial charge in [0.25, 0.3) is 5.91 Å². The molecular formula is C15H20N2O3. The molecule has 0 radical (unpaired) electrons. The van der Waals surface area contributed by atoms with Crippen LogP contribution in [0.3, 0.4) is 0 Å². The molecule has 2 heterocycles. The fourth-order valence-electron chi connectivity index (χ4n) is 2.85. The van der Waals surface area contributed by atoms with E-state index in [1.807, 2.05) is 18.2 Å². The molecule has 0 aliphatic carbocycles. The van der Waals surface area contributed by atoms with E-state index in [9.17, 15) is 4.79 Å². The van der Waals surface area contributed by atoms with E-state index < -0.39 is 0 Å². The lowest BCUT2D eigenvalue weighted by molar-refractivity contribution is 0.0957. The van der Waals surface area contributed by atoms with E-state index in [0.717, 1.165) is 12.0 Å². The zero-order chi connectivity index (χ0) is 14.1. The number of fused-ring (bicyclic) bond motifs is 1. The van der Waals surface area contributed by atoms with Crippen LogP contribution in [-0.4, -0.2) is 31.8 Å². The van der Waals surface area contributed by atoms with Gasteiger partial charge in [0.2, 0.25) is 0 Å². The summed E-state index contributed by atoms with van der Waals surface area (Å²) in [5.74, 6) is 0.840. The van der Waals surface area contributed by atoms with Crippen LogP contribution in [0.2, 0.25) is 0 Å². The molecule has 3 N–H and O–H groups in total. The Kier molecular flexibility index (Phi) is 3.63. The van der Waals surface area contributed by atoms with Crippen molar-refractivity contribution in [3.8, 4) is 5.75 Å². The summed E-state index contributed by atoms with van der Waals surface area (Å²) in [7, 11) is 0. The molecule has 0 spiro atoms. The Labute approximate surface area is 118 Å². The lowest BCUT2D eigenvalue weighted by atomic mass is 9.91. The summed E-state index contributed by atoms with van der Waals surface area (Å²) in [4.78, 5) is 12.0. The molecule has 2 aliphatic rings. The van der Waals surface area contributed by atoms with Crippen LogP contribution in [-0.2, 0) is 4.74 Å². The summed E-state index contributed by atoms with van der Waals surface area (Å²) in [6, 6.07) is 5.53. The van der Waals surface area contributed by atoms with Gasteiger partial charge in [-0.25, -0.2) is 0 Å². The minimum atomic E-state index is -0.110. The first-order valence-corrected chi connectivity index (χ1v) is 7.07. The number of rotatable bonds is 2. The maximum absolute atomic E-state index is 12.0. The summed E-state index contributed by atoms with van der Waals surface area (Å²) in [5.41, 5.74) is 7.86. The normalized spacial score (nSPS) is 27.2. The summed E-state index contributed by atoms with van der Waals surface area (Å²) >= 11 is 0. The van der Waals surface area contributed by atoms with Crippen molar-refractivity contribution in [3.63, 3.8) is 0 Å². The number of carbonyl (C=O) groups excluding carboxylic acids is 1. The van der Waals surface area contributed by atoms with E-state index in [4.69, 9.17) is 15.2 Å². The van der Waals surface area contributed by atoms with Gasteiger partial charge in [0.1, 0.15) is 12.4 Å². The summed E-state index contributed by atoms with van der Waals surface area (Å²) < 4.78 is 11.1. The Bertz CT molecular complexity index is 518. The molecule has 1 fully saturated rings. The van der Waals surface area contributed by atoms with Crippen molar-refractivity contribution in [2.75, 3.05) is 19.8 Å². The molecule has 108 valence electrons. The number of hydrogen-bond acceptors (Lipinski definition) is 4. The van der Waals surface area contributed by atoms with Gasteiger partial charge >= 0.3 is 0 Å². The first-order valence-electron chi connectivity index (χ1n) is 7.07. The zero-order valence-corrected chi connectivity index (χ0v) is 11.6. The quantitative estimate of drug-likeness (QED) is 0.852. The second-order valence-electron chi connectivity index (χ2n) is 5.53. The molecular weight excluding hydrogens is 256 g/mol. The number of ether oxygens (including phenoxy) is 2. The van der Waals surface area contributed by atoms with E-state index in [0.29, 0.717) is 37.0 Å². The van der Waals surface area contributed by atoms with Gasteiger partial charge < -0.3 is 20.5 Å². The van der Waals surface area contributed by atoms with Crippen molar-refractivity contribution < 1.29 is 14.3 Å². The third-order valence-electron chi connectivity index (χ3n) is 4.02. The van der Waals surface area contributed by atoms with Crippen LogP contribution in [0.4, 0.5) is 0 Å². The number of benzene rings is 1. The largest absolute Gasteiger partial charge is 0.491 e. The Morgan fingerprint density at radius 3 is 3.05 bits per heavy atom. The smallest absolute Gasteiger partial charge is 0.255 e. The second-order valence-corrected chi connectivity index (χ2v) is 5.53. The third-order valence-corrected chi connectivity index (χ3v) is 4.02. The predicted molar refractivity (Wildman–Crippen MR) is 74.7 cm³/mol. The van der Waals surface area contributed by atoms with Crippen LogP contribution in [0.15, 0.2) is 18.2 Å². The molecule has 5 nitrogen and oxygen atoms in total. The lowest BCUT2D eigenvalue weighted by Gasteiger charge is -2.19. The number of nitrogens with two attached hydrogens (primary N) is 1. The van der Waals surface area contributed by atoms with Crippen molar-refractivity contribution >= 4 is 5.91 Å². The average Bonchev–Trinajstić information content (AvgIpc) is 2.80. The van der Waals surface area contributed by atoms with Crippen LogP contribution in [0.25, 0.3) is 0 Å². The van der Waals surface area contributed by atoms with E-state index in [1.54, 1.807) is 0 Å². The van der Waals surface area contributed by atoms with Crippen LogP contribution in [0, 0.1) is 5.92 Å². The van der Waals surface area contributed by atoms with E-state index in [1.165, 1.54) is 0 Å².